The Morgan fingerprint density at radius 1 is 1.23 bits per heavy atom. The van der Waals surface area contributed by atoms with Crippen LogP contribution in [0.3, 0.4) is 0 Å². The Balaban J connectivity index is 2.60. The topological polar surface area (TPSA) is 73.9 Å². The van der Waals surface area contributed by atoms with Crippen molar-refractivity contribution in [3.63, 3.8) is 0 Å². The summed E-state index contributed by atoms with van der Waals surface area (Å²) in [7, 11) is 2.73. The smallest absolute Gasteiger partial charge is 0.328 e. The van der Waals surface area contributed by atoms with Gasteiger partial charge in [-0.1, -0.05) is 18.2 Å². The number of nitrogens with one attached hydrogen (secondary N) is 1. The highest BCUT2D eigenvalue weighted by Gasteiger charge is 2.23. The highest BCUT2D eigenvalue weighted by Crippen LogP contribution is 2.10. The second-order valence-corrected chi connectivity index (χ2v) is 4.48. The normalized spacial score (nSPS) is 11.8. The predicted molar refractivity (Wildman–Crippen MR) is 76.7 cm³/mol. The Labute approximate surface area is 128 Å². The van der Waals surface area contributed by atoms with E-state index in [2.05, 4.69) is 10.1 Å². The molecule has 0 aliphatic carbocycles. The molecule has 1 aromatic carbocycles. The van der Waals surface area contributed by atoms with Crippen LogP contribution in [-0.2, 0) is 30.2 Å². The quantitative estimate of drug-likeness (QED) is 0.536. The lowest BCUT2D eigenvalue weighted by atomic mass is 10.1. The van der Waals surface area contributed by atoms with Gasteiger partial charge in [0.2, 0.25) is 5.91 Å². The third kappa shape index (κ3) is 6.19. The molecule has 0 aromatic heterocycles. The first kappa shape index (κ1) is 18.1. The van der Waals surface area contributed by atoms with E-state index in [1.54, 1.807) is 18.2 Å². The predicted octanol–water partition coefficient (Wildman–Crippen LogP) is 0.689. The van der Waals surface area contributed by atoms with Gasteiger partial charge < -0.3 is 19.5 Å². The van der Waals surface area contributed by atoms with E-state index in [0.29, 0.717) is 12.2 Å². The SMILES string of the molecule is COCCOCC(=O)N[C@H](Cc1ccccc1F)C(=O)OC. The van der Waals surface area contributed by atoms with Gasteiger partial charge in [-0.3, -0.25) is 4.79 Å². The first-order valence-electron chi connectivity index (χ1n) is 6.75. The van der Waals surface area contributed by atoms with Crippen molar-refractivity contribution < 1.29 is 28.2 Å². The number of hydrogen-bond donors (Lipinski definition) is 1. The number of methoxy groups -OCH3 is 2. The number of esters is 1. The standard InChI is InChI=1S/C15H20FNO5/c1-20-7-8-22-10-14(18)17-13(15(19)21-2)9-11-5-3-4-6-12(11)16/h3-6,13H,7-10H2,1-2H3,(H,17,18)/t13-/m1/s1. The zero-order valence-corrected chi connectivity index (χ0v) is 12.6. The molecule has 1 atom stereocenters. The summed E-state index contributed by atoms with van der Waals surface area (Å²) in [4.78, 5) is 23.5. The van der Waals surface area contributed by atoms with E-state index in [1.165, 1.54) is 20.3 Å². The fraction of sp³-hybridized carbons (Fsp3) is 0.467. The molecule has 7 heteroatoms. The third-order valence-corrected chi connectivity index (χ3v) is 2.87. The minimum absolute atomic E-state index is 0.00313. The molecule has 0 heterocycles. The van der Waals surface area contributed by atoms with Crippen molar-refractivity contribution in [1.29, 1.82) is 0 Å². The molecule has 1 N–H and O–H groups in total. The molecule has 6 nitrogen and oxygen atoms in total. The Bertz CT molecular complexity index is 495. The highest BCUT2D eigenvalue weighted by molar-refractivity contribution is 5.85. The van der Waals surface area contributed by atoms with Crippen LogP contribution < -0.4 is 5.32 Å². The van der Waals surface area contributed by atoms with Crippen LogP contribution >= 0.6 is 0 Å². The molecule has 0 radical (unpaired) electrons. The van der Waals surface area contributed by atoms with Crippen LogP contribution in [0.15, 0.2) is 24.3 Å². The zero-order chi connectivity index (χ0) is 16.4. The van der Waals surface area contributed by atoms with E-state index in [4.69, 9.17) is 9.47 Å². The average molecular weight is 313 g/mol. The Morgan fingerprint density at radius 3 is 2.59 bits per heavy atom. The molecule has 0 bridgehead atoms. The van der Waals surface area contributed by atoms with Gasteiger partial charge in [0, 0.05) is 13.5 Å². The van der Waals surface area contributed by atoms with Crippen LogP contribution in [0.1, 0.15) is 5.56 Å². The van der Waals surface area contributed by atoms with Crippen LogP contribution in [0.4, 0.5) is 4.39 Å². The summed E-state index contributed by atoms with van der Waals surface area (Å²) in [5, 5.41) is 2.47. The maximum absolute atomic E-state index is 13.6. The molecule has 0 fully saturated rings. The van der Waals surface area contributed by atoms with Gasteiger partial charge in [0.25, 0.3) is 0 Å². The number of halogens is 1. The molecule has 0 aliphatic rings. The summed E-state index contributed by atoms with van der Waals surface area (Å²) in [5.41, 5.74) is 0.318. The number of carbonyl (C=O) groups excluding carboxylic acids is 2. The lowest BCUT2D eigenvalue weighted by Gasteiger charge is -2.17. The molecule has 0 spiro atoms. The molecule has 1 rings (SSSR count). The summed E-state index contributed by atoms with van der Waals surface area (Å²) in [6.07, 6.45) is 0.00313. The first-order valence-corrected chi connectivity index (χ1v) is 6.75. The van der Waals surface area contributed by atoms with Gasteiger partial charge in [0.05, 0.1) is 20.3 Å². The summed E-state index contributed by atoms with van der Waals surface area (Å²) in [6.45, 7) is 0.414. The van der Waals surface area contributed by atoms with Gasteiger partial charge in [0.15, 0.2) is 0 Å². The largest absolute Gasteiger partial charge is 0.467 e. The fourth-order valence-corrected chi connectivity index (χ4v) is 1.76. The Hall–Kier alpha value is -1.99. The van der Waals surface area contributed by atoms with Gasteiger partial charge in [-0.05, 0) is 11.6 Å². The van der Waals surface area contributed by atoms with Crippen LogP contribution in [0, 0.1) is 5.82 Å². The maximum atomic E-state index is 13.6. The van der Waals surface area contributed by atoms with Crippen LogP contribution in [0.25, 0.3) is 0 Å². The van der Waals surface area contributed by atoms with E-state index >= 15 is 0 Å². The average Bonchev–Trinajstić information content (AvgIpc) is 2.52. The van der Waals surface area contributed by atoms with Crippen molar-refractivity contribution in [3.05, 3.63) is 35.6 Å². The molecule has 122 valence electrons. The Morgan fingerprint density at radius 2 is 1.95 bits per heavy atom. The van der Waals surface area contributed by atoms with Crippen molar-refractivity contribution in [2.24, 2.45) is 0 Å². The van der Waals surface area contributed by atoms with E-state index in [0.717, 1.165) is 0 Å². The van der Waals surface area contributed by atoms with Crippen molar-refractivity contribution in [3.8, 4) is 0 Å². The van der Waals surface area contributed by atoms with E-state index in [9.17, 15) is 14.0 Å². The number of hydrogen-bond acceptors (Lipinski definition) is 5. The third-order valence-electron chi connectivity index (χ3n) is 2.87. The molecule has 0 saturated carbocycles. The molecule has 22 heavy (non-hydrogen) atoms. The minimum Gasteiger partial charge on any atom is -0.467 e. The van der Waals surface area contributed by atoms with Gasteiger partial charge in [-0.15, -0.1) is 0 Å². The number of ether oxygens (including phenoxy) is 3. The lowest BCUT2D eigenvalue weighted by Crippen LogP contribution is -2.44. The van der Waals surface area contributed by atoms with Crippen molar-refractivity contribution in [2.45, 2.75) is 12.5 Å². The van der Waals surface area contributed by atoms with Crippen molar-refractivity contribution in [2.75, 3.05) is 34.0 Å². The van der Waals surface area contributed by atoms with Crippen molar-refractivity contribution >= 4 is 11.9 Å². The number of benzene rings is 1. The fourth-order valence-electron chi connectivity index (χ4n) is 1.76. The molecule has 0 saturated heterocycles. The monoisotopic (exact) mass is 313 g/mol. The molecule has 0 unspecified atom stereocenters. The van der Waals surface area contributed by atoms with Crippen LogP contribution in [0.5, 0.6) is 0 Å². The molecular weight excluding hydrogens is 293 g/mol. The van der Waals surface area contributed by atoms with E-state index in [-0.39, 0.29) is 19.6 Å². The van der Waals surface area contributed by atoms with E-state index < -0.39 is 23.7 Å². The van der Waals surface area contributed by atoms with E-state index in [1.807, 2.05) is 0 Å². The number of rotatable bonds is 9. The summed E-state index contributed by atoms with van der Waals surface area (Å²) >= 11 is 0. The first-order chi connectivity index (χ1) is 10.6. The van der Waals surface area contributed by atoms with Gasteiger partial charge in [-0.25, -0.2) is 9.18 Å². The lowest BCUT2D eigenvalue weighted by molar-refractivity contribution is -0.145. The van der Waals surface area contributed by atoms with Crippen LogP contribution in [-0.4, -0.2) is 52.0 Å². The van der Waals surface area contributed by atoms with Crippen LogP contribution in [0.2, 0.25) is 0 Å². The second-order valence-electron chi connectivity index (χ2n) is 4.48. The highest BCUT2D eigenvalue weighted by atomic mass is 19.1. The molecular formula is C15H20FNO5. The molecule has 1 amide bonds. The molecule has 0 aliphatic heterocycles. The molecule has 1 aromatic rings. The summed E-state index contributed by atoms with van der Waals surface area (Å²) in [5.74, 6) is -1.57. The number of carbonyl (C=O) groups is 2. The van der Waals surface area contributed by atoms with Gasteiger partial charge in [0.1, 0.15) is 18.5 Å². The number of amides is 1. The maximum Gasteiger partial charge on any atom is 0.328 e. The Kier molecular flexibility index (Phi) is 8.09. The minimum atomic E-state index is -0.972. The summed E-state index contributed by atoms with van der Waals surface area (Å²) < 4.78 is 28.1. The second kappa shape index (κ2) is 9.86. The summed E-state index contributed by atoms with van der Waals surface area (Å²) in [6, 6.07) is 5.07. The van der Waals surface area contributed by atoms with Gasteiger partial charge in [-0.2, -0.15) is 0 Å². The van der Waals surface area contributed by atoms with Crippen molar-refractivity contribution in [1.82, 2.24) is 5.32 Å². The zero-order valence-electron chi connectivity index (χ0n) is 12.6. The van der Waals surface area contributed by atoms with Gasteiger partial charge >= 0.3 is 5.97 Å².